The van der Waals surface area contributed by atoms with Crippen molar-refractivity contribution >= 4 is 17.3 Å². The molecule has 0 atom stereocenters. The average Bonchev–Trinajstić information content (AvgIpc) is 2.41. The smallest absolute Gasteiger partial charge is 0.310 e. The Morgan fingerprint density at radius 3 is 2.85 bits per heavy atom. The second-order valence-corrected chi connectivity index (χ2v) is 4.09. The highest BCUT2D eigenvalue weighted by atomic mass is 19.1. The molecule has 0 unspecified atom stereocenters. The Bertz CT molecular complexity index is 688. The molecule has 1 aromatic heterocycles. The fourth-order valence-corrected chi connectivity index (χ4v) is 1.64. The molecule has 7 heteroatoms. The van der Waals surface area contributed by atoms with Gasteiger partial charge in [-0.25, -0.2) is 4.39 Å². The van der Waals surface area contributed by atoms with E-state index in [1.54, 1.807) is 6.92 Å². The van der Waals surface area contributed by atoms with Gasteiger partial charge in [0, 0.05) is 6.20 Å². The topological polar surface area (TPSA) is 85.1 Å². The van der Waals surface area contributed by atoms with Crippen molar-refractivity contribution in [1.29, 1.82) is 0 Å². The Labute approximate surface area is 113 Å². The van der Waals surface area contributed by atoms with Gasteiger partial charge in [0.25, 0.3) is 5.91 Å². The van der Waals surface area contributed by atoms with E-state index in [2.05, 4.69) is 10.3 Å². The van der Waals surface area contributed by atoms with Crippen molar-refractivity contribution in [3.05, 3.63) is 63.7 Å². The van der Waals surface area contributed by atoms with E-state index < -0.39 is 16.6 Å². The zero-order valence-electron chi connectivity index (χ0n) is 10.5. The first kappa shape index (κ1) is 13.6. The summed E-state index contributed by atoms with van der Waals surface area (Å²) in [7, 11) is 0. The van der Waals surface area contributed by atoms with Gasteiger partial charge in [-0.1, -0.05) is 11.6 Å². The number of hydrogen-bond donors (Lipinski definition) is 1. The van der Waals surface area contributed by atoms with E-state index in [1.165, 1.54) is 30.5 Å². The highest BCUT2D eigenvalue weighted by Gasteiger charge is 2.18. The first-order valence-electron chi connectivity index (χ1n) is 5.65. The minimum atomic E-state index is -0.750. The Hall–Kier alpha value is -2.83. The first-order valence-corrected chi connectivity index (χ1v) is 5.65. The van der Waals surface area contributed by atoms with Crippen LogP contribution in [0.15, 0.2) is 36.7 Å². The molecule has 0 saturated carbocycles. The minimum Gasteiger partial charge on any atom is -0.316 e. The number of rotatable bonds is 3. The number of anilines is 1. The van der Waals surface area contributed by atoms with Crippen LogP contribution in [0.2, 0.25) is 0 Å². The monoisotopic (exact) mass is 275 g/mol. The lowest BCUT2D eigenvalue weighted by molar-refractivity contribution is -0.384. The number of carbonyl (C=O) groups is 1. The van der Waals surface area contributed by atoms with Crippen LogP contribution in [0.1, 0.15) is 15.9 Å². The summed E-state index contributed by atoms with van der Waals surface area (Å²) < 4.78 is 13.6. The van der Waals surface area contributed by atoms with Gasteiger partial charge in [-0.15, -0.1) is 0 Å². The second-order valence-electron chi connectivity index (χ2n) is 4.09. The third-order valence-electron chi connectivity index (χ3n) is 2.61. The third kappa shape index (κ3) is 2.77. The molecule has 0 spiro atoms. The van der Waals surface area contributed by atoms with E-state index in [0.717, 1.165) is 6.20 Å². The number of hydrogen-bond acceptors (Lipinski definition) is 4. The number of aryl methyl sites for hydroxylation is 1. The van der Waals surface area contributed by atoms with Gasteiger partial charge < -0.3 is 5.32 Å². The molecule has 0 saturated heterocycles. The summed E-state index contributed by atoms with van der Waals surface area (Å²) >= 11 is 0. The standard InChI is InChI=1S/C13H10FN3O3/c1-8-2-3-10(14)9(6-8)13(18)16-11-4-5-15-7-12(11)17(19)20/h2-7H,1H3,(H,15,16,18). The second kappa shape index (κ2) is 5.43. The number of nitrogens with zero attached hydrogens (tertiary/aromatic N) is 2. The molecule has 6 nitrogen and oxygen atoms in total. The maximum Gasteiger partial charge on any atom is 0.310 e. The molecule has 1 N–H and O–H groups in total. The first-order chi connectivity index (χ1) is 9.49. The Morgan fingerprint density at radius 1 is 1.40 bits per heavy atom. The fourth-order valence-electron chi connectivity index (χ4n) is 1.64. The van der Waals surface area contributed by atoms with Crippen LogP contribution in [0, 0.1) is 22.9 Å². The largest absolute Gasteiger partial charge is 0.316 e. The van der Waals surface area contributed by atoms with Crippen LogP contribution < -0.4 is 5.32 Å². The van der Waals surface area contributed by atoms with E-state index in [0.29, 0.717) is 5.56 Å². The van der Waals surface area contributed by atoms with Crippen LogP contribution in [-0.2, 0) is 0 Å². The molecule has 1 amide bonds. The van der Waals surface area contributed by atoms with Crippen molar-refractivity contribution in [1.82, 2.24) is 4.98 Å². The molecule has 1 heterocycles. The van der Waals surface area contributed by atoms with Gasteiger partial charge in [0.05, 0.1) is 10.5 Å². The van der Waals surface area contributed by atoms with E-state index in [1.807, 2.05) is 0 Å². The van der Waals surface area contributed by atoms with Crippen LogP contribution >= 0.6 is 0 Å². The Balaban J connectivity index is 2.33. The predicted molar refractivity (Wildman–Crippen MR) is 70.0 cm³/mol. The van der Waals surface area contributed by atoms with Crippen LogP contribution in [-0.4, -0.2) is 15.8 Å². The van der Waals surface area contributed by atoms with Crippen molar-refractivity contribution in [2.75, 3.05) is 5.32 Å². The van der Waals surface area contributed by atoms with Gasteiger partial charge in [-0.2, -0.15) is 0 Å². The number of nitrogens with one attached hydrogen (secondary N) is 1. The van der Waals surface area contributed by atoms with E-state index >= 15 is 0 Å². The number of aromatic nitrogens is 1. The summed E-state index contributed by atoms with van der Waals surface area (Å²) in [5, 5.41) is 13.1. The number of amides is 1. The Kier molecular flexibility index (Phi) is 3.69. The molecular weight excluding hydrogens is 265 g/mol. The molecule has 0 fully saturated rings. The molecule has 0 aliphatic carbocycles. The Morgan fingerprint density at radius 2 is 2.15 bits per heavy atom. The maximum atomic E-state index is 13.6. The predicted octanol–water partition coefficient (Wildman–Crippen LogP) is 2.69. The van der Waals surface area contributed by atoms with Gasteiger partial charge in [0.2, 0.25) is 0 Å². The van der Waals surface area contributed by atoms with Crippen LogP contribution in [0.4, 0.5) is 15.8 Å². The summed E-state index contributed by atoms with van der Waals surface area (Å²) in [5.74, 6) is -1.44. The van der Waals surface area contributed by atoms with Crippen molar-refractivity contribution in [3.63, 3.8) is 0 Å². The molecule has 0 bridgehead atoms. The summed E-state index contributed by atoms with van der Waals surface area (Å²) in [5.41, 5.74) is 0.154. The van der Waals surface area contributed by atoms with Gasteiger partial charge in [-0.3, -0.25) is 19.9 Å². The average molecular weight is 275 g/mol. The number of halogens is 1. The molecule has 0 radical (unpaired) electrons. The molecule has 0 aliphatic rings. The van der Waals surface area contributed by atoms with Crippen molar-refractivity contribution in [2.24, 2.45) is 0 Å². The molecule has 2 aromatic rings. The lowest BCUT2D eigenvalue weighted by atomic mass is 10.1. The molecule has 2 rings (SSSR count). The quantitative estimate of drug-likeness (QED) is 0.689. The number of carbonyl (C=O) groups excluding carboxylic acids is 1. The zero-order valence-corrected chi connectivity index (χ0v) is 10.5. The zero-order chi connectivity index (χ0) is 14.7. The lowest BCUT2D eigenvalue weighted by Crippen LogP contribution is -2.15. The highest BCUT2D eigenvalue weighted by molar-refractivity contribution is 6.05. The number of pyridine rings is 1. The third-order valence-corrected chi connectivity index (χ3v) is 2.61. The van der Waals surface area contributed by atoms with Crippen LogP contribution in [0.25, 0.3) is 0 Å². The maximum absolute atomic E-state index is 13.6. The van der Waals surface area contributed by atoms with Gasteiger partial charge >= 0.3 is 5.69 Å². The van der Waals surface area contributed by atoms with Crippen molar-refractivity contribution in [2.45, 2.75) is 6.92 Å². The molecule has 102 valence electrons. The summed E-state index contributed by atoms with van der Waals surface area (Å²) in [6.45, 7) is 1.71. The number of benzene rings is 1. The normalized spacial score (nSPS) is 10.1. The summed E-state index contributed by atoms with van der Waals surface area (Å²) in [6.07, 6.45) is 2.32. The SMILES string of the molecule is Cc1ccc(F)c(C(=O)Nc2ccncc2[N+](=O)[O-])c1. The molecule has 0 aliphatic heterocycles. The summed E-state index contributed by atoms with van der Waals surface area (Å²) in [4.78, 5) is 25.7. The van der Waals surface area contributed by atoms with Crippen LogP contribution in [0.5, 0.6) is 0 Å². The lowest BCUT2D eigenvalue weighted by Gasteiger charge is -2.07. The summed E-state index contributed by atoms with van der Waals surface area (Å²) in [6, 6.07) is 5.35. The molecular formula is C13H10FN3O3. The van der Waals surface area contributed by atoms with Gasteiger partial charge in [-0.05, 0) is 25.1 Å². The number of nitro groups is 1. The molecule has 1 aromatic carbocycles. The van der Waals surface area contributed by atoms with Crippen LogP contribution in [0.3, 0.4) is 0 Å². The van der Waals surface area contributed by atoms with Crippen molar-refractivity contribution < 1.29 is 14.1 Å². The fraction of sp³-hybridized carbons (Fsp3) is 0.0769. The van der Waals surface area contributed by atoms with Gasteiger partial charge in [0.15, 0.2) is 0 Å². The molecule has 20 heavy (non-hydrogen) atoms. The van der Waals surface area contributed by atoms with E-state index in [-0.39, 0.29) is 16.9 Å². The minimum absolute atomic E-state index is 0.0316. The van der Waals surface area contributed by atoms with Crippen molar-refractivity contribution in [3.8, 4) is 0 Å². The van der Waals surface area contributed by atoms with Gasteiger partial charge in [0.1, 0.15) is 17.7 Å². The van der Waals surface area contributed by atoms with E-state index in [4.69, 9.17) is 0 Å². The highest BCUT2D eigenvalue weighted by Crippen LogP contribution is 2.23. The van der Waals surface area contributed by atoms with E-state index in [9.17, 15) is 19.3 Å².